The van der Waals surface area contributed by atoms with Crippen molar-refractivity contribution in [3.05, 3.63) is 10.5 Å². The summed E-state index contributed by atoms with van der Waals surface area (Å²) in [5.41, 5.74) is 1.72. The van der Waals surface area contributed by atoms with Gasteiger partial charge in [0.15, 0.2) is 0 Å². The summed E-state index contributed by atoms with van der Waals surface area (Å²) < 4.78 is 0. The van der Waals surface area contributed by atoms with E-state index in [0.29, 0.717) is 0 Å². The average molecular weight is 170 g/mol. The van der Waals surface area contributed by atoms with Crippen molar-refractivity contribution in [3.63, 3.8) is 0 Å². The summed E-state index contributed by atoms with van der Waals surface area (Å²) in [4.78, 5) is 1.68. The first-order valence-electron chi connectivity index (χ1n) is 4.60. The van der Waals surface area contributed by atoms with E-state index < -0.39 is 0 Å². The summed E-state index contributed by atoms with van der Waals surface area (Å²) in [6, 6.07) is 0. The average Bonchev–Trinajstić information content (AvgIpc) is 2.04. The third kappa shape index (κ3) is 2.26. The second-order valence-electron chi connectivity index (χ2n) is 3.43. The van der Waals surface area contributed by atoms with Crippen LogP contribution in [0.25, 0.3) is 0 Å². The normalized spacial score (nSPS) is 19.6. The van der Waals surface area contributed by atoms with E-state index in [4.69, 9.17) is 0 Å². The smallest absolute Gasteiger partial charge is 0.00201 e. The molecule has 1 aliphatic rings. The third-order valence-electron chi connectivity index (χ3n) is 2.18. The lowest BCUT2D eigenvalue weighted by molar-refractivity contribution is 0.754. The first-order valence-corrected chi connectivity index (χ1v) is 5.59. The Morgan fingerprint density at radius 2 is 2.18 bits per heavy atom. The van der Waals surface area contributed by atoms with Crippen LogP contribution in [0.5, 0.6) is 0 Å². The summed E-state index contributed by atoms with van der Waals surface area (Å²) in [5.74, 6) is 2.10. The van der Waals surface area contributed by atoms with Crippen molar-refractivity contribution in [3.8, 4) is 0 Å². The second-order valence-corrected chi connectivity index (χ2v) is 4.56. The van der Waals surface area contributed by atoms with Crippen molar-refractivity contribution in [2.75, 3.05) is 5.75 Å². The predicted octanol–water partition coefficient (Wildman–Crippen LogP) is 3.83. The van der Waals surface area contributed by atoms with Crippen molar-refractivity contribution in [2.24, 2.45) is 5.92 Å². The van der Waals surface area contributed by atoms with Crippen molar-refractivity contribution in [2.45, 2.75) is 40.0 Å². The van der Waals surface area contributed by atoms with Crippen LogP contribution in [0.3, 0.4) is 0 Å². The van der Waals surface area contributed by atoms with E-state index >= 15 is 0 Å². The van der Waals surface area contributed by atoms with Crippen LogP contribution in [-0.4, -0.2) is 5.75 Å². The molecule has 0 nitrogen and oxygen atoms in total. The minimum atomic E-state index is 0.759. The topological polar surface area (TPSA) is 0 Å². The fourth-order valence-electron chi connectivity index (χ4n) is 1.62. The zero-order valence-electron chi connectivity index (χ0n) is 7.81. The molecule has 0 unspecified atom stereocenters. The van der Waals surface area contributed by atoms with Crippen LogP contribution in [0.4, 0.5) is 0 Å². The Morgan fingerprint density at radius 3 is 2.64 bits per heavy atom. The van der Waals surface area contributed by atoms with Gasteiger partial charge in [-0.15, -0.1) is 11.8 Å². The van der Waals surface area contributed by atoms with Gasteiger partial charge in [-0.05, 0) is 35.8 Å². The lowest BCUT2D eigenvalue weighted by atomic mass is 10.0. The number of rotatable bonds is 2. The molecule has 0 bridgehead atoms. The second kappa shape index (κ2) is 4.20. The highest BCUT2D eigenvalue weighted by molar-refractivity contribution is 8.03. The SMILES string of the molecule is CCC1=C(C(C)C)SCCC1. The molecule has 0 spiro atoms. The van der Waals surface area contributed by atoms with Gasteiger partial charge < -0.3 is 0 Å². The fourth-order valence-corrected chi connectivity index (χ4v) is 2.91. The van der Waals surface area contributed by atoms with Gasteiger partial charge in [0.25, 0.3) is 0 Å². The van der Waals surface area contributed by atoms with E-state index in [1.165, 1.54) is 25.0 Å². The molecule has 1 rings (SSSR count). The maximum absolute atomic E-state index is 2.31. The highest BCUT2D eigenvalue weighted by Crippen LogP contribution is 2.36. The Bertz CT molecular complexity index is 156. The number of hydrogen-bond acceptors (Lipinski definition) is 1. The molecule has 0 aromatic rings. The molecule has 1 heteroatoms. The molecule has 0 aromatic carbocycles. The maximum atomic E-state index is 2.31. The van der Waals surface area contributed by atoms with Gasteiger partial charge in [0.2, 0.25) is 0 Å². The lowest BCUT2D eigenvalue weighted by Gasteiger charge is -2.21. The van der Waals surface area contributed by atoms with E-state index in [2.05, 4.69) is 32.5 Å². The van der Waals surface area contributed by atoms with Crippen molar-refractivity contribution in [1.29, 1.82) is 0 Å². The highest BCUT2D eigenvalue weighted by atomic mass is 32.2. The summed E-state index contributed by atoms with van der Waals surface area (Å²) >= 11 is 2.08. The van der Waals surface area contributed by atoms with E-state index in [0.717, 1.165) is 5.92 Å². The third-order valence-corrected chi connectivity index (χ3v) is 3.74. The molecular weight excluding hydrogens is 152 g/mol. The summed E-state index contributed by atoms with van der Waals surface area (Å²) in [6.45, 7) is 6.90. The van der Waals surface area contributed by atoms with Gasteiger partial charge in [0.1, 0.15) is 0 Å². The van der Waals surface area contributed by atoms with Crippen molar-refractivity contribution in [1.82, 2.24) is 0 Å². The molecule has 0 fully saturated rings. The monoisotopic (exact) mass is 170 g/mol. The van der Waals surface area contributed by atoms with E-state index in [1.807, 2.05) is 0 Å². The fraction of sp³-hybridized carbons (Fsp3) is 0.800. The molecule has 0 atom stereocenters. The molecule has 0 N–H and O–H groups in total. The van der Waals surface area contributed by atoms with Crippen molar-refractivity contribution < 1.29 is 0 Å². The zero-order valence-corrected chi connectivity index (χ0v) is 8.63. The van der Waals surface area contributed by atoms with Gasteiger partial charge in [0.05, 0.1) is 0 Å². The number of thioether (sulfide) groups is 1. The van der Waals surface area contributed by atoms with Crippen LogP contribution in [0.2, 0.25) is 0 Å². The van der Waals surface area contributed by atoms with Crippen LogP contribution < -0.4 is 0 Å². The molecule has 1 aliphatic heterocycles. The van der Waals surface area contributed by atoms with Crippen LogP contribution in [0, 0.1) is 5.92 Å². The van der Waals surface area contributed by atoms with Gasteiger partial charge >= 0.3 is 0 Å². The maximum Gasteiger partial charge on any atom is -0.00201 e. The van der Waals surface area contributed by atoms with Crippen LogP contribution in [-0.2, 0) is 0 Å². The Hall–Kier alpha value is 0.0900. The Labute approximate surface area is 74.5 Å². The van der Waals surface area contributed by atoms with Gasteiger partial charge in [-0.3, -0.25) is 0 Å². The zero-order chi connectivity index (χ0) is 8.27. The van der Waals surface area contributed by atoms with Gasteiger partial charge in [0, 0.05) is 0 Å². The van der Waals surface area contributed by atoms with Crippen LogP contribution in [0.15, 0.2) is 10.5 Å². The van der Waals surface area contributed by atoms with E-state index in [-0.39, 0.29) is 0 Å². The highest BCUT2D eigenvalue weighted by Gasteiger charge is 2.13. The molecule has 1 heterocycles. The van der Waals surface area contributed by atoms with Gasteiger partial charge in [-0.25, -0.2) is 0 Å². The van der Waals surface area contributed by atoms with E-state index in [9.17, 15) is 0 Å². The molecule has 0 aliphatic carbocycles. The van der Waals surface area contributed by atoms with Crippen molar-refractivity contribution >= 4 is 11.8 Å². The Morgan fingerprint density at radius 1 is 1.45 bits per heavy atom. The predicted molar refractivity (Wildman–Crippen MR) is 53.8 cm³/mol. The molecule has 0 saturated carbocycles. The largest absolute Gasteiger partial charge is 0.130 e. The first kappa shape index (κ1) is 9.18. The number of hydrogen-bond donors (Lipinski definition) is 0. The summed E-state index contributed by atoms with van der Waals surface area (Å²) in [5, 5.41) is 0. The quantitative estimate of drug-likeness (QED) is 0.607. The molecular formula is C10H18S. The Balaban J connectivity index is 2.73. The summed E-state index contributed by atoms with van der Waals surface area (Å²) in [6.07, 6.45) is 4.02. The van der Waals surface area contributed by atoms with E-state index in [1.54, 1.807) is 10.5 Å². The molecule has 11 heavy (non-hydrogen) atoms. The standard InChI is InChI=1S/C10H18S/c1-4-9-6-5-7-11-10(9)8(2)3/h8H,4-7H2,1-3H3. The minimum absolute atomic E-state index is 0.759. The van der Waals surface area contributed by atoms with Crippen LogP contribution >= 0.6 is 11.8 Å². The first-order chi connectivity index (χ1) is 5.25. The Kier molecular flexibility index (Phi) is 3.50. The molecule has 0 amide bonds. The minimum Gasteiger partial charge on any atom is -0.130 e. The molecule has 0 aromatic heterocycles. The molecule has 0 saturated heterocycles. The molecule has 0 radical (unpaired) electrons. The molecule has 64 valence electrons. The van der Waals surface area contributed by atoms with Gasteiger partial charge in [-0.1, -0.05) is 26.3 Å². The lowest BCUT2D eigenvalue weighted by Crippen LogP contribution is -2.02. The number of allylic oxidation sites excluding steroid dienone is 2. The van der Waals surface area contributed by atoms with Crippen LogP contribution in [0.1, 0.15) is 40.0 Å². The summed E-state index contributed by atoms with van der Waals surface area (Å²) in [7, 11) is 0. The van der Waals surface area contributed by atoms with Gasteiger partial charge in [-0.2, -0.15) is 0 Å².